The Morgan fingerprint density at radius 2 is 1.69 bits per heavy atom. The number of H-pyrrole nitrogens is 1. The fourth-order valence-electron chi connectivity index (χ4n) is 6.86. The Hall–Kier alpha value is -3.94. The van der Waals surface area contributed by atoms with Crippen LogP contribution in [0.15, 0.2) is 83.9 Å². The molecule has 2 heterocycles. The molecule has 0 unspecified atom stereocenters. The molecule has 3 aromatic carbocycles. The van der Waals surface area contributed by atoms with Crippen molar-refractivity contribution in [3.8, 4) is 0 Å². The predicted octanol–water partition coefficient (Wildman–Crippen LogP) is 9.18. The zero-order valence-corrected chi connectivity index (χ0v) is 26.2. The summed E-state index contributed by atoms with van der Waals surface area (Å²) in [4.78, 5) is 27.3. The number of hydrogen-bond acceptors (Lipinski definition) is 3. The number of hydrogen-bond donors (Lipinski definition) is 1. The summed E-state index contributed by atoms with van der Waals surface area (Å²) >= 11 is 0. The quantitative estimate of drug-likeness (QED) is 0.225. The molecule has 1 atom stereocenters. The standard InChI is InChI=1S/C29H35F3N2O.C8H8N2/c1-2-7-22-8-6-11-26(22)33-19-16-28(24-9-4-3-5-10-24)17-20-34(21-18-28)27(35)23-12-14-25(15-13-23)29(30,31)32;1-6-9-7-4-2-3-5-8(7)10-6/h3-5,9-10,12-15,22H,2,6-8,11,16-21H2,1H3;2-5H,1H3,(H,9,10)/t22-;/m1./s1. The summed E-state index contributed by atoms with van der Waals surface area (Å²) in [6.45, 7) is 6.17. The molecule has 1 aromatic heterocycles. The molecule has 4 aromatic rings. The van der Waals surface area contributed by atoms with Gasteiger partial charge in [-0.2, -0.15) is 13.2 Å². The molecule has 1 N–H and O–H groups in total. The third-order valence-electron chi connectivity index (χ3n) is 9.36. The van der Waals surface area contributed by atoms with Gasteiger partial charge in [-0.1, -0.05) is 55.8 Å². The minimum atomic E-state index is -4.40. The summed E-state index contributed by atoms with van der Waals surface area (Å²) in [5.41, 5.74) is 4.37. The number of para-hydroxylation sites is 2. The van der Waals surface area contributed by atoms with Crippen molar-refractivity contribution in [3.05, 3.63) is 101 Å². The molecule has 6 rings (SSSR count). The number of aryl methyl sites for hydroxylation is 1. The van der Waals surface area contributed by atoms with Crippen LogP contribution in [0.5, 0.6) is 0 Å². The predicted molar refractivity (Wildman–Crippen MR) is 175 cm³/mol. The van der Waals surface area contributed by atoms with Crippen LogP contribution in [0.3, 0.4) is 0 Å². The molecule has 2 aliphatic rings. The largest absolute Gasteiger partial charge is 0.416 e. The molecule has 1 saturated heterocycles. The van der Waals surface area contributed by atoms with Crippen LogP contribution in [0.1, 0.15) is 85.6 Å². The van der Waals surface area contributed by atoms with Gasteiger partial charge in [0.25, 0.3) is 5.91 Å². The summed E-state index contributed by atoms with van der Waals surface area (Å²) in [6.07, 6.45) is 4.25. The van der Waals surface area contributed by atoms with E-state index in [1.165, 1.54) is 49.1 Å². The Morgan fingerprint density at radius 3 is 2.36 bits per heavy atom. The molecular formula is C37H43F3N4O. The molecule has 1 amide bonds. The SMILES string of the molecule is CCC[C@@H]1CCCC1=NCCC1(c2ccccc2)CCN(C(=O)c2ccc(C(F)(F)F)cc2)CC1.Cc1nc2ccccc2[nH]1. The highest BCUT2D eigenvalue weighted by molar-refractivity contribution is 5.94. The Kier molecular flexibility index (Phi) is 10.4. The van der Waals surface area contributed by atoms with Crippen molar-refractivity contribution in [1.29, 1.82) is 0 Å². The number of alkyl halides is 3. The van der Waals surface area contributed by atoms with E-state index >= 15 is 0 Å². The lowest BCUT2D eigenvalue weighted by atomic mass is 9.70. The van der Waals surface area contributed by atoms with Gasteiger partial charge >= 0.3 is 6.18 Å². The number of fused-ring (bicyclic) bond motifs is 1. The van der Waals surface area contributed by atoms with Crippen LogP contribution in [-0.4, -0.2) is 46.1 Å². The monoisotopic (exact) mass is 616 g/mol. The number of aromatic nitrogens is 2. The fourth-order valence-corrected chi connectivity index (χ4v) is 6.86. The molecule has 45 heavy (non-hydrogen) atoms. The number of halogens is 3. The summed E-state index contributed by atoms with van der Waals surface area (Å²) in [5.74, 6) is 1.42. The first-order valence-corrected chi connectivity index (χ1v) is 16.2. The van der Waals surface area contributed by atoms with Crippen LogP contribution in [0.4, 0.5) is 13.2 Å². The van der Waals surface area contributed by atoms with Gasteiger partial charge in [0.2, 0.25) is 0 Å². The number of amides is 1. The number of rotatable bonds is 7. The van der Waals surface area contributed by atoms with E-state index in [9.17, 15) is 18.0 Å². The number of aliphatic imine (C=N–C) groups is 1. The van der Waals surface area contributed by atoms with Crippen molar-refractivity contribution >= 4 is 22.7 Å². The fraction of sp³-hybridized carbons (Fsp3) is 0.432. The maximum absolute atomic E-state index is 13.0. The highest BCUT2D eigenvalue weighted by atomic mass is 19.4. The first-order valence-electron chi connectivity index (χ1n) is 16.2. The van der Waals surface area contributed by atoms with Crippen molar-refractivity contribution in [3.63, 3.8) is 0 Å². The third kappa shape index (κ3) is 8.02. The Labute approximate surface area is 264 Å². The number of nitrogens with one attached hydrogen (secondary N) is 1. The number of piperidine rings is 1. The van der Waals surface area contributed by atoms with Gasteiger partial charge in [-0.05, 0) is 99.7 Å². The Bertz CT molecular complexity index is 1540. The van der Waals surface area contributed by atoms with Gasteiger partial charge in [0, 0.05) is 36.3 Å². The zero-order chi connectivity index (χ0) is 31.9. The molecule has 0 radical (unpaired) electrons. The Morgan fingerprint density at radius 1 is 1.00 bits per heavy atom. The second-order valence-electron chi connectivity index (χ2n) is 12.4. The number of carbonyl (C=O) groups is 1. The number of imidazole rings is 1. The van der Waals surface area contributed by atoms with E-state index in [1.807, 2.05) is 37.3 Å². The third-order valence-corrected chi connectivity index (χ3v) is 9.36. The average Bonchev–Trinajstić information content (AvgIpc) is 3.66. The van der Waals surface area contributed by atoms with Gasteiger partial charge in [0.1, 0.15) is 5.82 Å². The average molecular weight is 617 g/mol. The lowest BCUT2D eigenvalue weighted by Crippen LogP contribution is -2.45. The molecular weight excluding hydrogens is 573 g/mol. The Balaban J connectivity index is 0.000000336. The van der Waals surface area contributed by atoms with Crippen LogP contribution in [0, 0.1) is 12.8 Å². The van der Waals surface area contributed by atoms with E-state index in [1.54, 1.807) is 4.90 Å². The van der Waals surface area contributed by atoms with E-state index in [0.29, 0.717) is 24.6 Å². The number of likely N-dealkylation sites (tertiary alicyclic amines) is 1. The second kappa shape index (κ2) is 14.4. The van der Waals surface area contributed by atoms with Crippen LogP contribution in [0.25, 0.3) is 11.0 Å². The lowest BCUT2D eigenvalue weighted by molar-refractivity contribution is -0.137. The summed E-state index contributed by atoms with van der Waals surface area (Å²) in [5, 5.41) is 0. The molecule has 8 heteroatoms. The molecule has 0 bridgehead atoms. The number of aromatic amines is 1. The van der Waals surface area contributed by atoms with Crippen LogP contribution in [-0.2, 0) is 11.6 Å². The molecule has 1 saturated carbocycles. The van der Waals surface area contributed by atoms with E-state index < -0.39 is 11.7 Å². The first-order chi connectivity index (χ1) is 21.7. The summed E-state index contributed by atoms with van der Waals surface area (Å²) in [6, 6.07) is 23.1. The number of nitrogens with zero attached hydrogens (tertiary/aromatic N) is 3. The molecule has 238 valence electrons. The molecule has 0 spiro atoms. The minimum Gasteiger partial charge on any atom is -0.342 e. The summed E-state index contributed by atoms with van der Waals surface area (Å²) < 4.78 is 38.6. The van der Waals surface area contributed by atoms with Crippen molar-refractivity contribution in [1.82, 2.24) is 14.9 Å². The molecule has 5 nitrogen and oxygen atoms in total. The van der Waals surface area contributed by atoms with Crippen molar-refractivity contribution in [2.24, 2.45) is 10.9 Å². The van der Waals surface area contributed by atoms with Crippen molar-refractivity contribution in [2.45, 2.75) is 76.8 Å². The van der Waals surface area contributed by atoms with Gasteiger partial charge in [0.15, 0.2) is 0 Å². The van der Waals surface area contributed by atoms with Gasteiger partial charge in [0.05, 0.1) is 16.6 Å². The van der Waals surface area contributed by atoms with Crippen molar-refractivity contribution in [2.75, 3.05) is 19.6 Å². The number of benzene rings is 3. The lowest BCUT2D eigenvalue weighted by Gasteiger charge is -2.42. The minimum absolute atomic E-state index is 0.0406. The normalized spacial score (nSPS) is 19.0. The summed E-state index contributed by atoms with van der Waals surface area (Å²) in [7, 11) is 0. The maximum atomic E-state index is 13.0. The van der Waals surface area contributed by atoms with E-state index in [4.69, 9.17) is 4.99 Å². The van der Waals surface area contributed by atoms with Crippen molar-refractivity contribution < 1.29 is 18.0 Å². The molecule has 2 fully saturated rings. The van der Waals surface area contributed by atoms with Crippen LogP contribution < -0.4 is 0 Å². The highest BCUT2D eigenvalue weighted by Gasteiger charge is 2.37. The first kappa shape index (κ1) is 32.5. The zero-order valence-electron chi connectivity index (χ0n) is 26.2. The van der Waals surface area contributed by atoms with E-state index in [0.717, 1.165) is 61.2 Å². The topological polar surface area (TPSA) is 61.4 Å². The molecule has 1 aliphatic heterocycles. The van der Waals surface area contributed by atoms with Gasteiger partial charge in [-0.25, -0.2) is 4.98 Å². The maximum Gasteiger partial charge on any atom is 0.416 e. The van der Waals surface area contributed by atoms with E-state index in [2.05, 4.69) is 41.2 Å². The van der Waals surface area contributed by atoms with Gasteiger partial charge < -0.3 is 9.88 Å². The highest BCUT2D eigenvalue weighted by Crippen LogP contribution is 2.39. The molecule has 1 aliphatic carbocycles. The second-order valence-corrected chi connectivity index (χ2v) is 12.4. The smallest absolute Gasteiger partial charge is 0.342 e. The number of carbonyl (C=O) groups excluding carboxylic acids is 1. The van der Waals surface area contributed by atoms with E-state index in [-0.39, 0.29) is 11.3 Å². The van der Waals surface area contributed by atoms with Crippen LogP contribution in [0.2, 0.25) is 0 Å². The van der Waals surface area contributed by atoms with Crippen LogP contribution >= 0.6 is 0 Å². The van der Waals surface area contributed by atoms with Gasteiger partial charge in [-0.3, -0.25) is 9.79 Å². The van der Waals surface area contributed by atoms with Gasteiger partial charge in [-0.15, -0.1) is 0 Å².